The molecular weight excluding hydrogens is 224 g/mol. The van der Waals surface area contributed by atoms with Crippen molar-refractivity contribution < 1.29 is 9.90 Å². The van der Waals surface area contributed by atoms with Gasteiger partial charge < -0.3 is 10.1 Å². The van der Waals surface area contributed by atoms with Gasteiger partial charge in [-0.15, -0.1) is 0 Å². The summed E-state index contributed by atoms with van der Waals surface area (Å²) in [6.45, 7) is 0. The van der Waals surface area contributed by atoms with Crippen LogP contribution in [-0.4, -0.2) is 26.0 Å². The van der Waals surface area contributed by atoms with Crippen LogP contribution in [0.15, 0.2) is 35.5 Å². The van der Waals surface area contributed by atoms with Gasteiger partial charge in [-0.2, -0.15) is 0 Å². The largest absolute Gasteiger partial charge is 0.507 e. The van der Waals surface area contributed by atoms with E-state index in [0.29, 0.717) is 0 Å². The van der Waals surface area contributed by atoms with Gasteiger partial charge in [-0.1, -0.05) is 0 Å². The van der Waals surface area contributed by atoms with Crippen LogP contribution in [0, 0.1) is 0 Å². The molecule has 0 aliphatic heterocycles. The summed E-state index contributed by atoms with van der Waals surface area (Å²) >= 11 is 0. The minimum atomic E-state index is -0.607. The number of hydrogen-bond acceptors (Lipinski definition) is 5. The molecule has 0 bridgehead atoms. The molecule has 2 rings (SSSR count). The smallest absolute Gasteiger partial charge is 0.263 e. The molecule has 86 valence electrons. The molecule has 0 fully saturated rings. The van der Waals surface area contributed by atoms with Crippen LogP contribution in [0.25, 0.3) is 0 Å². The van der Waals surface area contributed by atoms with E-state index in [1.54, 1.807) is 6.07 Å². The van der Waals surface area contributed by atoms with E-state index in [-0.39, 0.29) is 11.5 Å². The molecule has 2 heterocycles. The van der Waals surface area contributed by atoms with Crippen molar-refractivity contribution >= 4 is 11.9 Å². The molecule has 2 aromatic rings. The number of pyridine rings is 1. The highest BCUT2D eigenvalue weighted by Gasteiger charge is 2.12. The van der Waals surface area contributed by atoms with E-state index in [1.807, 2.05) is 0 Å². The normalized spacial score (nSPS) is 9.88. The van der Waals surface area contributed by atoms with Crippen LogP contribution in [0.3, 0.4) is 0 Å². The zero-order chi connectivity index (χ0) is 12.3. The average Bonchev–Trinajstić information content (AvgIpc) is 2.30. The number of carbonyl (C=O) groups is 1. The highest BCUT2D eigenvalue weighted by atomic mass is 16.3. The number of aromatic amines is 1. The number of H-pyrrole nitrogens is 1. The van der Waals surface area contributed by atoms with Crippen LogP contribution < -0.4 is 10.9 Å². The zero-order valence-corrected chi connectivity index (χ0v) is 8.54. The second kappa shape index (κ2) is 4.44. The topological polar surface area (TPSA) is 108 Å². The molecular formula is C10H8N4O3. The summed E-state index contributed by atoms with van der Waals surface area (Å²) in [7, 11) is 0. The number of rotatable bonds is 2. The Balaban J connectivity index is 2.24. The fourth-order valence-electron chi connectivity index (χ4n) is 1.18. The molecule has 7 nitrogen and oxygen atoms in total. The maximum atomic E-state index is 11.7. The van der Waals surface area contributed by atoms with Crippen molar-refractivity contribution in [1.82, 2.24) is 15.0 Å². The van der Waals surface area contributed by atoms with Gasteiger partial charge in [-0.25, -0.2) is 9.97 Å². The van der Waals surface area contributed by atoms with Crippen LogP contribution in [0.2, 0.25) is 0 Å². The summed E-state index contributed by atoms with van der Waals surface area (Å²) in [4.78, 5) is 32.4. The van der Waals surface area contributed by atoms with E-state index in [1.165, 1.54) is 12.4 Å². The third kappa shape index (κ3) is 2.46. The Morgan fingerprint density at radius 1 is 1.35 bits per heavy atom. The van der Waals surface area contributed by atoms with Crippen LogP contribution in [0.4, 0.5) is 5.95 Å². The molecule has 0 unspecified atom stereocenters. The van der Waals surface area contributed by atoms with Crippen LogP contribution in [0.5, 0.6) is 5.75 Å². The van der Waals surface area contributed by atoms with Gasteiger partial charge in [-0.05, 0) is 6.07 Å². The molecule has 0 saturated heterocycles. The quantitative estimate of drug-likeness (QED) is 0.681. The summed E-state index contributed by atoms with van der Waals surface area (Å²) in [5, 5.41) is 11.8. The van der Waals surface area contributed by atoms with Gasteiger partial charge in [0.25, 0.3) is 11.5 Å². The molecule has 17 heavy (non-hydrogen) atoms. The van der Waals surface area contributed by atoms with Crippen molar-refractivity contribution in [2.45, 2.75) is 0 Å². The summed E-state index contributed by atoms with van der Waals surface area (Å²) in [6, 6.07) is 2.52. The number of nitrogens with one attached hydrogen (secondary N) is 2. The van der Waals surface area contributed by atoms with E-state index in [2.05, 4.69) is 20.3 Å². The molecule has 7 heteroatoms. The Bertz CT molecular complexity index is 594. The number of carbonyl (C=O) groups excluding carboxylic acids is 1. The van der Waals surface area contributed by atoms with Crippen molar-refractivity contribution in [1.29, 1.82) is 0 Å². The third-order valence-electron chi connectivity index (χ3n) is 1.94. The SMILES string of the molecule is O=C(Nc1ncccn1)c1c[nH]c(=O)cc1O. The second-order valence-corrected chi connectivity index (χ2v) is 3.12. The van der Waals surface area contributed by atoms with Gasteiger partial charge in [0.1, 0.15) is 5.75 Å². The van der Waals surface area contributed by atoms with Crippen molar-refractivity contribution in [3.63, 3.8) is 0 Å². The predicted octanol–water partition coefficient (Wildman–Crippen LogP) is 0.123. The minimum Gasteiger partial charge on any atom is -0.507 e. The van der Waals surface area contributed by atoms with E-state index in [4.69, 9.17) is 0 Å². The number of anilines is 1. The number of nitrogens with zero attached hydrogens (tertiary/aromatic N) is 2. The number of aromatic hydroxyl groups is 1. The summed E-state index contributed by atoms with van der Waals surface area (Å²) < 4.78 is 0. The van der Waals surface area contributed by atoms with E-state index >= 15 is 0 Å². The maximum Gasteiger partial charge on any atom is 0.263 e. The van der Waals surface area contributed by atoms with Crippen LogP contribution >= 0.6 is 0 Å². The van der Waals surface area contributed by atoms with Gasteiger partial charge in [0.15, 0.2) is 0 Å². The fourth-order valence-corrected chi connectivity index (χ4v) is 1.18. The van der Waals surface area contributed by atoms with E-state index < -0.39 is 17.2 Å². The van der Waals surface area contributed by atoms with Crippen molar-refractivity contribution in [2.24, 2.45) is 0 Å². The standard InChI is InChI=1S/C10H8N4O3/c15-7-4-8(16)13-5-6(7)9(17)14-10-11-2-1-3-12-10/h1-5H,(H2,13,15,16)(H,11,12,14,17). The Morgan fingerprint density at radius 3 is 2.71 bits per heavy atom. The van der Waals surface area contributed by atoms with Crippen LogP contribution in [0.1, 0.15) is 10.4 Å². The maximum absolute atomic E-state index is 11.7. The first kappa shape index (κ1) is 10.8. The molecule has 0 atom stereocenters. The highest BCUT2D eigenvalue weighted by Crippen LogP contribution is 2.13. The molecule has 0 spiro atoms. The third-order valence-corrected chi connectivity index (χ3v) is 1.94. The zero-order valence-electron chi connectivity index (χ0n) is 8.54. The van der Waals surface area contributed by atoms with E-state index in [0.717, 1.165) is 12.3 Å². The summed E-state index contributed by atoms with van der Waals surface area (Å²) in [6.07, 6.45) is 4.06. The lowest BCUT2D eigenvalue weighted by Gasteiger charge is -2.03. The first-order valence-corrected chi connectivity index (χ1v) is 4.67. The van der Waals surface area contributed by atoms with Gasteiger partial charge in [-0.3, -0.25) is 14.9 Å². The molecule has 3 N–H and O–H groups in total. The Kier molecular flexibility index (Phi) is 2.82. The minimum absolute atomic E-state index is 0.0583. The first-order chi connectivity index (χ1) is 8.16. The molecule has 0 aliphatic rings. The fraction of sp³-hybridized carbons (Fsp3) is 0. The molecule has 0 radical (unpaired) electrons. The van der Waals surface area contributed by atoms with Crippen LogP contribution in [-0.2, 0) is 0 Å². The van der Waals surface area contributed by atoms with Gasteiger partial charge in [0.2, 0.25) is 5.95 Å². The molecule has 0 saturated carbocycles. The van der Waals surface area contributed by atoms with Gasteiger partial charge >= 0.3 is 0 Å². The predicted molar refractivity (Wildman–Crippen MR) is 58.7 cm³/mol. The highest BCUT2D eigenvalue weighted by molar-refractivity contribution is 6.04. The summed E-state index contributed by atoms with van der Waals surface area (Å²) in [5.74, 6) is -0.893. The van der Waals surface area contributed by atoms with Gasteiger partial charge in [0.05, 0.1) is 5.56 Å². The lowest BCUT2D eigenvalue weighted by atomic mass is 10.2. The average molecular weight is 232 g/mol. The summed E-state index contributed by atoms with van der Waals surface area (Å²) in [5.41, 5.74) is -0.549. The Labute approximate surface area is 95.2 Å². The molecule has 0 aromatic carbocycles. The van der Waals surface area contributed by atoms with Crippen molar-refractivity contribution in [2.75, 3.05) is 5.32 Å². The van der Waals surface area contributed by atoms with E-state index in [9.17, 15) is 14.7 Å². The Morgan fingerprint density at radius 2 is 2.06 bits per heavy atom. The first-order valence-electron chi connectivity index (χ1n) is 4.67. The lowest BCUT2D eigenvalue weighted by Crippen LogP contribution is -2.16. The number of hydrogen-bond donors (Lipinski definition) is 3. The van der Waals surface area contributed by atoms with Crippen molar-refractivity contribution in [3.05, 3.63) is 46.6 Å². The molecule has 2 aromatic heterocycles. The second-order valence-electron chi connectivity index (χ2n) is 3.12. The van der Waals surface area contributed by atoms with Crippen molar-refractivity contribution in [3.8, 4) is 5.75 Å². The Hall–Kier alpha value is -2.70. The molecule has 1 amide bonds. The van der Waals surface area contributed by atoms with Gasteiger partial charge in [0, 0.05) is 24.7 Å². The lowest BCUT2D eigenvalue weighted by molar-refractivity contribution is 0.102. The monoisotopic (exact) mass is 232 g/mol. The number of amides is 1. The molecule has 0 aliphatic carbocycles. The number of aromatic nitrogens is 3.